The van der Waals surface area contributed by atoms with Gasteiger partial charge < -0.3 is 21.1 Å². The number of rotatable bonds is 7. The molecule has 0 saturated carbocycles. The third-order valence-electron chi connectivity index (χ3n) is 4.31. The standard InChI is InChI=1S/C19H34N4O5/c1-11(2)10-13(16(25)21-12(3)15(20)24)22-17(26)14-8-7-9-23(14)18(27)28-19(4,5)6/h11-14H,7-10H2,1-6H3,(H2,20,24)(H,21,25)(H,22,26)/t12-,13+,14-/m0/s1. The maximum atomic E-state index is 12.8. The summed E-state index contributed by atoms with van der Waals surface area (Å²) in [6, 6.07) is -2.36. The van der Waals surface area contributed by atoms with Crippen LogP contribution in [-0.4, -0.2) is 59.0 Å². The number of ether oxygens (including phenoxy) is 1. The number of hydrogen-bond donors (Lipinski definition) is 3. The Kier molecular flexibility index (Phi) is 8.26. The highest BCUT2D eigenvalue weighted by Crippen LogP contribution is 2.21. The molecule has 0 unspecified atom stereocenters. The van der Waals surface area contributed by atoms with Crippen LogP contribution in [0.2, 0.25) is 0 Å². The Morgan fingerprint density at radius 3 is 2.25 bits per heavy atom. The second-order valence-electron chi connectivity index (χ2n) is 8.66. The van der Waals surface area contributed by atoms with Crippen molar-refractivity contribution in [1.29, 1.82) is 0 Å². The molecule has 0 radical (unpaired) electrons. The lowest BCUT2D eigenvalue weighted by Gasteiger charge is -2.29. The summed E-state index contributed by atoms with van der Waals surface area (Å²) in [5.74, 6) is -1.41. The van der Waals surface area contributed by atoms with Crippen LogP contribution in [0, 0.1) is 5.92 Å². The van der Waals surface area contributed by atoms with E-state index in [0.29, 0.717) is 25.8 Å². The van der Waals surface area contributed by atoms with Crippen LogP contribution in [0.4, 0.5) is 4.79 Å². The molecule has 28 heavy (non-hydrogen) atoms. The first kappa shape index (κ1) is 23.7. The van der Waals surface area contributed by atoms with E-state index in [2.05, 4.69) is 10.6 Å². The van der Waals surface area contributed by atoms with E-state index in [-0.39, 0.29) is 5.92 Å². The molecule has 160 valence electrons. The van der Waals surface area contributed by atoms with Gasteiger partial charge in [0.2, 0.25) is 17.7 Å². The zero-order chi connectivity index (χ0) is 21.6. The first-order chi connectivity index (χ1) is 12.8. The highest BCUT2D eigenvalue weighted by molar-refractivity contribution is 5.93. The second kappa shape index (κ2) is 9.75. The first-order valence-corrected chi connectivity index (χ1v) is 9.71. The van der Waals surface area contributed by atoms with Crippen LogP contribution in [0.3, 0.4) is 0 Å². The van der Waals surface area contributed by atoms with Crippen molar-refractivity contribution in [2.75, 3.05) is 6.54 Å². The molecule has 1 fully saturated rings. The molecule has 1 saturated heterocycles. The smallest absolute Gasteiger partial charge is 0.410 e. The van der Waals surface area contributed by atoms with Crippen molar-refractivity contribution in [2.24, 2.45) is 11.7 Å². The fraction of sp³-hybridized carbons (Fsp3) is 0.789. The normalized spacial score (nSPS) is 19.1. The van der Waals surface area contributed by atoms with E-state index >= 15 is 0 Å². The van der Waals surface area contributed by atoms with Gasteiger partial charge in [0.1, 0.15) is 23.7 Å². The topological polar surface area (TPSA) is 131 Å². The minimum atomic E-state index is -0.844. The van der Waals surface area contributed by atoms with Crippen LogP contribution in [0.5, 0.6) is 0 Å². The largest absolute Gasteiger partial charge is 0.444 e. The number of nitrogens with one attached hydrogen (secondary N) is 2. The third-order valence-corrected chi connectivity index (χ3v) is 4.31. The number of primary amides is 1. The fourth-order valence-corrected chi connectivity index (χ4v) is 2.93. The van der Waals surface area contributed by atoms with E-state index in [1.165, 1.54) is 11.8 Å². The molecule has 9 heteroatoms. The molecule has 0 aromatic carbocycles. The lowest BCUT2D eigenvalue weighted by molar-refractivity contribution is -0.133. The summed E-state index contributed by atoms with van der Waals surface area (Å²) >= 11 is 0. The zero-order valence-corrected chi connectivity index (χ0v) is 17.7. The van der Waals surface area contributed by atoms with E-state index < -0.39 is 47.5 Å². The molecule has 4 N–H and O–H groups in total. The van der Waals surface area contributed by atoms with Crippen molar-refractivity contribution in [2.45, 2.75) is 84.5 Å². The predicted molar refractivity (Wildman–Crippen MR) is 104 cm³/mol. The van der Waals surface area contributed by atoms with Gasteiger partial charge >= 0.3 is 6.09 Å². The molecular formula is C19H34N4O5. The Hall–Kier alpha value is -2.32. The summed E-state index contributed by atoms with van der Waals surface area (Å²) in [6.45, 7) is 11.0. The van der Waals surface area contributed by atoms with Gasteiger partial charge in [0.15, 0.2) is 0 Å². The Morgan fingerprint density at radius 2 is 1.75 bits per heavy atom. The second-order valence-corrected chi connectivity index (χ2v) is 8.66. The number of nitrogens with zero attached hydrogens (tertiary/aromatic N) is 1. The summed E-state index contributed by atoms with van der Waals surface area (Å²) in [4.78, 5) is 50.3. The molecule has 1 aliphatic rings. The van der Waals surface area contributed by atoms with Crippen LogP contribution in [-0.2, 0) is 19.1 Å². The number of nitrogens with two attached hydrogens (primary N) is 1. The monoisotopic (exact) mass is 398 g/mol. The molecule has 1 aliphatic heterocycles. The molecule has 9 nitrogen and oxygen atoms in total. The van der Waals surface area contributed by atoms with E-state index in [1.54, 1.807) is 20.8 Å². The number of amides is 4. The molecule has 4 amide bonds. The molecule has 0 aliphatic carbocycles. The van der Waals surface area contributed by atoms with Crippen LogP contribution in [0.15, 0.2) is 0 Å². The molecule has 3 atom stereocenters. The van der Waals surface area contributed by atoms with Crippen LogP contribution in [0.1, 0.15) is 60.8 Å². The van der Waals surface area contributed by atoms with E-state index in [4.69, 9.17) is 10.5 Å². The Labute approximate surface area is 166 Å². The van der Waals surface area contributed by atoms with Crippen molar-refractivity contribution < 1.29 is 23.9 Å². The summed E-state index contributed by atoms with van der Waals surface area (Å²) in [6.07, 6.45) is 1.02. The fourth-order valence-electron chi connectivity index (χ4n) is 2.93. The van der Waals surface area contributed by atoms with Crippen molar-refractivity contribution in [3.8, 4) is 0 Å². The maximum Gasteiger partial charge on any atom is 0.410 e. The van der Waals surface area contributed by atoms with Crippen molar-refractivity contribution in [3.05, 3.63) is 0 Å². The van der Waals surface area contributed by atoms with Crippen molar-refractivity contribution in [3.63, 3.8) is 0 Å². The number of carbonyl (C=O) groups excluding carboxylic acids is 4. The van der Waals surface area contributed by atoms with Crippen LogP contribution >= 0.6 is 0 Å². The minimum Gasteiger partial charge on any atom is -0.444 e. The van der Waals surface area contributed by atoms with E-state index in [1.807, 2.05) is 13.8 Å². The van der Waals surface area contributed by atoms with Gasteiger partial charge in [-0.3, -0.25) is 19.3 Å². The Balaban J connectivity index is 2.84. The average Bonchev–Trinajstić information content (AvgIpc) is 3.01. The molecule has 1 rings (SSSR count). The van der Waals surface area contributed by atoms with Gasteiger partial charge in [-0.05, 0) is 52.9 Å². The summed E-state index contributed by atoms with van der Waals surface area (Å²) in [5, 5.41) is 5.24. The lowest BCUT2D eigenvalue weighted by atomic mass is 10.0. The molecule has 0 aromatic heterocycles. The molecule has 0 aromatic rings. The van der Waals surface area contributed by atoms with Crippen molar-refractivity contribution >= 4 is 23.8 Å². The Morgan fingerprint density at radius 1 is 1.14 bits per heavy atom. The minimum absolute atomic E-state index is 0.130. The SMILES string of the molecule is CC(C)C[C@@H](NC(=O)[C@@H]1CCCN1C(=O)OC(C)(C)C)C(=O)N[C@@H](C)C(N)=O. The summed E-state index contributed by atoms with van der Waals surface area (Å²) < 4.78 is 5.37. The number of likely N-dealkylation sites (tertiary alicyclic amines) is 1. The summed E-state index contributed by atoms with van der Waals surface area (Å²) in [5.41, 5.74) is 4.53. The quantitative estimate of drug-likeness (QED) is 0.586. The van der Waals surface area contributed by atoms with Gasteiger partial charge in [-0.25, -0.2) is 4.79 Å². The average molecular weight is 399 g/mol. The molecular weight excluding hydrogens is 364 g/mol. The number of carbonyl (C=O) groups is 4. The van der Waals surface area contributed by atoms with Gasteiger partial charge in [0.05, 0.1) is 0 Å². The number of hydrogen-bond acceptors (Lipinski definition) is 5. The summed E-state index contributed by atoms with van der Waals surface area (Å²) in [7, 11) is 0. The van der Waals surface area contributed by atoms with Gasteiger partial charge in [-0.15, -0.1) is 0 Å². The van der Waals surface area contributed by atoms with Gasteiger partial charge in [-0.1, -0.05) is 13.8 Å². The van der Waals surface area contributed by atoms with Crippen molar-refractivity contribution in [1.82, 2.24) is 15.5 Å². The van der Waals surface area contributed by atoms with Gasteiger partial charge in [0, 0.05) is 6.54 Å². The van der Waals surface area contributed by atoms with Crippen LogP contribution in [0.25, 0.3) is 0 Å². The molecule has 0 bridgehead atoms. The highest BCUT2D eigenvalue weighted by atomic mass is 16.6. The zero-order valence-electron chi connectivity index (χ0n) is 17.7. The molecule has 0 spiro atoms. The van der Waals surface area contributed by atoms with E-state index in [9.17, 15) is 19.2 Å². The highest BCUT2D eigenvalue weighted by Gasteiger charge is 2.38. The lowest BCUT2D eigenvalue weighted by Crippen LogP contribution is -2.56. The van der Waals surface area contributed by atoms with Gasteiger partial charge in [0.25, 0.3) is 0 Å². The first-order valence-electron chi connectivity index (χ1n) is 9.71. The van der Waals surface area contributed by atoms with E-state index in [0.717, 1.165) is 0 Å². The van der Waals surface area contributed by atoms with Gasteiger partial charge in [-0.2, -0.15) is 0 Å². The van der Waals surface area contributed by atoms with Crippen LogP contribution < -0.4 is 16.4 Å². The third kappa shape index (κ3) is 7.36. The Bertz CT molecular complexity index is 600. The maximum absolute atomic E-state index is 12.8. The molecule has 1 heterocycles. The predicted octanol–water partition coefficient (Wildman–Crippen LogP) is 0.907.